The number of ether oxygens (including phenoxy) is 1. The highest BCUT2D eigenvalue weighted by Crippen LogP contribution is 2.27. The molecule has 142 valence electrons. The van der Waals surface area contributed by atoms with Gasteiger partial charge in [0.05, 0.1) is 15.7 Å². The molecule has 1 N–H and O–H groups in total. The molecule has 27 heavy (non-hydrogen) atoms. The summed E-state index contributed by atoms with van der Waals surface area (Å²) in [5, 5.41) is 3.61. The molecule has 1 heterocycles. The van der Waals surface area contributed by atoms with Gasteiger partial charge < -0.3 is 15.0 Å². The number of carbonyl (C=O) groups excluding carboxylic acids is 1. The largest absolute Gasteiger partial charge is 0.482 e. The van der Waals surface area contributed by atoms with E-state index in [1.807, 2.05) is 6.07 Å². The number of likely N-dealkylation sites (tertiary alicyclic amines) is 1. The van der Waals surface area contributed by atoms with Crippen LogP contribution in [-0.2, 0) is 4.79 Å². The molecular formula is C20H20Cl2N2O2S. The Balaban J connectivity index is 1.58. The molecule has 0 atom stereocenters. The average molecular weight is 423 g/mol. The lowest BCUT2D eigenvalue weighted by Crippen LogP contribution is -2.34. The quantitative estimate of drug-likeness (QED) is 0.674. The molecule has 0 bridgehead atoms. The molecule has 7 heteroatoms. The molecule has 1 aliphatic rings. The summed E-state index contributed by atoms with van der Waals surface area (Å²) in [5.74, 6) is 0.128. The Hall–Kier alpha value is -1.82. The Morgan fingerprint density at radius 2 is 1.81 bits per heavy atom. The predicted molar refractivity (Wildman–Crippen MR) is 114 cm³/mol. The molecule has 1 aliphatic heterocycles. The number of thiocarbonyl (C=S) groups is 1. The molecule has 1 saturated heterocycles. The number of rotatable bonds is 5. The van der Waals surface area contributed by atoms with Crippen LogP contribution in [0, 0.1) is 0 Å². The lowest BCUT2D eigenvalue weighted by atomic mass is 10.1. The smallest absolute Gasteiger partial charge is 0.262 e. The van der Waals surface area contributed by atoms with Gasteiger partial charge in [-0.2, -0.15) is 0 Å². The molecule has 2 aromatic carbocycles. The van der Waals surface area contributed by atoms with Crippen LogP contribution in [0.2, 0.25) is 10.0 Å². The van der Waals surface area contributed by atoms with Gasteiger partial charge in [0.15, 0.2) is 6.61 Å². The molecule has 0 aromatic heterocycles. The van der Waals surface area contributed by atoms with E-state index in [-0.39, 0.29) is 12.5 Å². The van der Waals surface area contributed by atoms with Crippen LogP contribution in [0.15, 0.2) is 42.5 Å². The van der Waals surface area contributed by atoms with Crippen molar-refractivity contribution >= 4 is 52.0 Å². The van der Waals surface area contributed by atoms with Gasteiger partial charge in [0.1, 0.15) is 10.7 Å². The zero-order valence-electron chi connectivity index (χ0n) is 14.7. The minimum atomic E-state index is -0.313. The Kier molecular flexibility index (Phi) is 6.94. The van der Waals surface area contributed by atoms with Gasteiger partial charge in [-0.1, -0.05) is 47.6 Å². The topological polar surface area (TPSA) is 41.6 Å². The minimum absolute atomic E-state index is 0.166. The third-order valence-electron chi connectivity index (χ3n) is 4.33. The zero-order valence-corrected chi connectivity index (χ0v) is 17.0. The zero-order chi connectivity index (χ0) is 19.2. The van der Waals surface area contributed by atoms with E-state index < -0.39 is 0 Å². The van der Waals surface area contributed by atoms with E-state index >= 15 is 0 Å². The number of amides is 1. The summed E-state index contributed by atoms with van der Waals surface area (Å²) >= 11 is 17.9. The fourth-order valence-corrected chi connectivity index (χ4v) is 3.65. The predicted octanol–water partition coefficient (Wildman–Crippen LogP) is 5.17. The summed E-state index contributed by atoms with van der Waals surface area (Å²) in [6, 6.07) is 12.4. The van der Waals surface area contributed by atoms with Gasteiger partial charge in [0.25, 0.3) is 5.91 Å². The second kappa shape index (κ2) is 9.40. The van der Waals surface area contributed by atoms with Crippen molar-refractivity contribution in [1.29, 1.82) is 0 Å². The number of benzene rings is 2. The van der Waals surface area contributed by atoms with Crippen LogP contribution in [0.3, 0.4) is 0 Å². The first kappa shape index (κ1) is 19.9. The first-order valence-electron chi connectivity index (χ1n) is 8.80. The number of hydrogen-bond acceptors (Lipinski definition) is 3. The van der Waals surface area contributed by atoms with Crippen LogP contribution in [0.1, 0.15) is 24.8 Å². The van der Waals surface area contributed by atoms with Gasteiger partial charge in [-0.3, -0.25) is 4.79 Å². The van der Waals surface area contributed by atoms with Gasteiger partial charge in [0, 0.05) is 18.7 Å². The first-order chi connectivity index (χ1) is 13.0. The van der Waals surface area contributed by atoms with E-state index in [2.05, 4.69) is 10.2 Å². The molecule has 3 rings (SSSR count). The van der Waals surface area contributed by atoms with Crippen molar-refractivity contribution < 1.29 is 9.53 Å². The number of para-hydroxylation sites is 1. The monoisotopic (exact) mass is 422 g/mol. The minimum Gasteiger partial charge on any atom is -0.482 e. The van der Waals surface area contributed by atoms with E-state index in [0.29, 0.717) is 21.5 Å². The summed E-state index contributed by atoms with van der Waals surface area (Å²) < 4.78 is 5.55. The summed E-state index contributed by atoms with van der Waals surface area (Å²) in [6.07, 6.45) is 3.58. The number of anilines is 1. The van der Waals surface area contributed by atoms with Crippen LogP contribution in [0.25, 0.3) is 0 Å². The van der Waals surface area contributed by atoms with Crippen LogP contribution in [0.4, 0.5) is 5.69 Å². The van der Waals surface area contributed by atoms with Crippen molar-refractivity contribution in [2.75, 3.05) is 25.0 Å². The fourth-order valence-electron chi connectivity index (χ4n) is 2.92. The highest BCUT2D eigenvalue weighted by Gasteiger charge is 2.16. The summed E-state index contributed by atoms with van der Waals surface area (Å²) in [7, 11) is 0. The molecular weight excluding hydrogens is 403 g/mol. The number of nitrogens with one attached hydrogen (secondary N) is 1. The van der Waals surface area contributed by atoms with Crippen LogP contribution in [-0.4, -0.2) is 35.5 Å². The Bertz CT molecular complexity index is 838. The Morgan fingerprint density at radius 1 is 1.07 bits per heavy atom. The molecule has 2 aromatic rings. The van der Waals surface area contributed by atoms with Gasteiger partial charge in [0.2, 0.25) is 0 Å². The first-order valence-corrected chi connectivity index (χ1v) is 9.97. The van der Waals surface area contributed by atoms with E-state index in [0.717, 1.165) is 36.5 Å². The lowest BCUT2D eigenvalue weighted by Gasteiger charge is -2.29. The molecule has 0 radical (unpaired) electrons. The van der Waals surface area contributed by atoms with Gasteiger partial charge in [-0.25, -0.2) is 0 Å². The molecule has 4 nitrogen and oxygen atoms in total. The SMILES string of the molecule is O=C(COc1ccc(C(=S)N2CCCCC2)cc1Cl)Nc1ccccc1Cl. The maximum absolute atomic E-state index is 12.1. The van der Waals surface area contributed by atoms with Crippen molar-refractivity contribution in [2.45, 2.75) is 19.3 Å². The van der Waals surface area contributed by atoms with Crippen molar-refractivity contribution in [3.8, 4) is 5.75 Å². The molecule has 0 spiro atoms. The van der Waals surface area contributed by atoms with Gasteiger partial charge in [-0.05, 0) is 49.6 Å². The number of halogens is 2. The second-order valence-electron chi connectivity index (χ2n) is 6.31. The summed E-state index contributed by atoms with van der Waals surface area (Å²) in [5.41, 5.74) is 1.44. The number of nitrogens with zero attached hydrogens (tertiary/aromatic N) is 1. The number of carbonyl (C=O) groups is 1. The van der Waals surface area contributed by atoms with Crippen LogP contribution in [0.5, 0.6) is 5.75 Å². The van der Waals surface area contributed by atoms with E-state index in [4.69, 9.17) is 40.2 Å². The van der Waals surface area contributed by atoms with E-state index in [1.54, 1.807) is 36.4 Å². The third kappa shape index (κ3) is 5.34. The third-order valence-corrected chi connectivity index (χ3v) is 5.45. The maximum Gasteiger partial charge on any atom is 0.262 e. The van der Waals surface area contributed by atoms with Crippen molar-refractivity contribution in [2.24, 2.45) is 0 Å². The highest BCUT2D eigenvalue weighted by atomic mass is 35.5. The highest BCUT2D eigenvalue weighted by molar-refractivity contribution is 7.80. The summed E-state index contributed by atoms with van der Waals surface area (Å²) in [6.45, 7) is 1.80. The number of hydrogen-bond donors (Lipinski definition) is 1. The molecule has 0 unspecified atom stereocenters. The molecule has 1 fully saturated rings. The van der Waals surface area contributed by atoms with Crippen molar-refractivity contribution in [1.82, 2.24) is 4.90 Å². The molecule has 0 saturated carbocycles. The Labute approximate surface area is 174 Å². The van der Waals surface area contributed by atoms with Crippen LogP contribution < -0.4 is 10.1 Å². The van der Waals surface area contributed by atoms with E-state index in [9.17, 15) is 4.79 Å². The standard InChI is InChI=1S/C20H20Cl2N2O2S/c21-15-6-2-3-7-17(15)23-19(25)13-26-18-9-8-14(12-16(18)22)20(27)24-10-4-1-5-11-24/h2-3,6-9,12H,1,4-5,10-11,13H2,(H,23,25). The fraction of sp³-hybridized carbons (Fsp3) is 0.300. The van der Waals surface area contributed by atoms with Gasteiger partial charge in [-0.15, -0.1) is 0 Å². The van der Waals surface area contributed by atoms with Crippen molar-refractivity contribution in [3.63, 3.8) is 0 Å². The second-order valence-corrected chi connectivity index (χ2v) is 7.52. The summed E-state index contributed by atoms with van der Waals surface area (Å²) in [4.78, 5) is 15.1. The molecule has 1 amide bonds. The maximum atomic E-state index is 12.1. The lowest BCUT2D eigenvalue weighted by molar-refractivity contribution is -0.118. The molecule has 0 aliphatic carbocycles. The van der Waals surface area contributed by atoms with Crippen LogP contribution >= 0.6 is 35.4 Å². The van der Waals surface area contributed by atoms with Gasteiger partial charge >= 0.3 is 0 Å². The Morgan fingerprint density at radius 3 is 2.52 bits per heavy atom. The van der Waals surface area contributed by atoms with E-state index in [1.165, 1.54) is 6.42 Å². The number of piperidine rings is 1. The van der Waals surface area contributed by atoms with Crippen molar-refractivity contribution in [3.05, 3.63) is 58.1 Å². The average Bonchev–Trinajstić information content (AvgIpc) is 2.69. The normalized spacial score (nSPS) is 13.9.